The van der Waals surface area contributed by atoms with Crippen LogP contribution in [0.25, 0.3) is 0 Å². The van der Waals surface area contributed by atoms with Crippen molar-refractivity contribution in [2.45, 2.75) is 25.4 Å². The van der Waals surface area contributed by atoms with E-state index in [-0.39, 0.29) is 42.9 Å². The van der Waals surface area contributed by atoms with Crippen LogP contribution in [0.2, 0.25) is 0 Å². The van der Waals surface area contributed by atoms with Gasteiger partial charge in [-0.2, -0.15) is 4.99 Å². The molecule has 194 valence electrons. The Bertz CT molecular complexity index is 1420. The van der Waals surface area contributed by atoms with Crippen LogP contribution in [-0.4, -0.2) is 52.5 Å². The highest BCUT2D eigenvalue weighted by atomic mass is 32.2. The zero-order valence-corrected chi connectivity index (χ0v) is 21.4. The molecule has 0 bridgehead atoms. The van der Waals surface area contributed by atoms with E-state index in [0.29, 0.717) is 33.9 Å². The number of fused-ring (bicyclic) bond motifs is 3. The predicted molar refractivity (Wildman–Crippen MR) is 145 cm³/mol. The summed E-state index contributed by atoms with van der Waals surface area (Å²) in [5, 5.41) is 6.12. The van der Waals surface area contributed by atoms with Gasteiger partial charge in [-0.05, 0) is 42.8 Å². The van der Waals surface area contributed by atoms with E-state index < -0.39 is 6.04 Å². The second-order valence-electron chi connectivity index (χ2n) is 8.50. The quantitative estimate of drug-likeness (QED) is 0.431. The van der Waals surface area contributed by atoms with Gasteiger partial charge in [0.1, 0.15) is 23.4 Å². The van der Waals surface area contributed by atoms with Crippen molar-refractivity contribution in [3.63, 3.8) is 0 Å². The van der Waals surface area contributed by atoms with E-state index in [2.05, 4.69) is 15.6 Å². The summed E-state index contributed by atoms with van der Waals surface area (Å²) in [4.78, 5) is 49.0. The first kappa shape index (κ1) is 25.3. The molecule has 2 aliphatic rings. The van der Waals surface area contributed by atoms with E-state index in [1.165, 1.54) is 18.9 Å². The summed E-state index contributed by atoms with van der Waals surface area (Å²) in [6, 6.07) is 17.4. The van der Waals surface area contributed by atoms with Crippen LogP contribution in [0.5, 0.6) is 5.75 Å². The number of amides is 3. The second-order valence-corrected chi connectivity index (χ2v) is 9.45. The minimum atomic E-state index is -0.698. The summed E-state index contributed by atoms with van der Waals surface area (Å²) in [5.74, 6) is 0.927. The van der Waals surface area contributed by atoms with Gasteiger partial charge in [-0.25, -0.2) is 4.99 Å². The zero-order valence-electron chi connectivity index (χ0n) is 20.5. The second kappa shape index (κ2) is 11.3. The molecule has 3 amide bonds. The molecule has 1 unspecified atom stereocenters. The summed E-state index contributed by atoms with van der Waals surface area (Å²) < 4.78 is 10.5. The molecule has 2 aromatic carbocycles. The molecule has 3 aromatic rings. The Balaban J connectivity index is 1.28. The van der Waals surface area contributed by atoms with Gasteiger partial charge in [-0.15, -0.1) is 0 Å². The average molecular weight is 532 g/mol. The molecule has 0 fully saturated rings. The van der Waals surface area contributed by atoms with Crippen LogP contribution >= 0.6 is 11.8 Å². The van der Waals surface area contributed by atoms with Crippen LogP contribution in [0.4, 0.5) is 11.4 Å². The third-order valence-corrected chi connectivity index (χ3v) is 6.96. The molecule has 3 heterocycles. The number of furan rings is 1. The largest absolute Gasteiger partial charge is 0.495 e. The molecule has 2 N–H and O–H groups in total. The smallest absolute Gasteiger partial charge is 0.270 e. The number of rotatable bonds is 9. The number of amidine groups is 2. The number of aliphatic imine (C=N–C) groups is 2. The Morgan fingerprint density at radius 1 is 1.05 bits per heavy atom. The van der Waals surface area contributed by atoms with Crippen LogP contribution in [-0.2, 0) is 20.9 Å². The van der Waals surface area contributed by atoms with Gasteiger partial charge >= 0.3 is 0 Å². The maximum atomic E-state index is 13.0. The zero-order chi connectivity index (χ0) is 26.5. The normalized spacial score (nSPS) is 15.8. The number of benzene rings is 2. The number of thioether (sulfide) groups is 1. The van der Waals surface area contributed by atoms with Crippen LogP contribution in [0.3, 0.4) is 0 Å². The fourth-order valence-electron chi connectivity index (χ4n) is 4.20. The molecule has 1 atom stereocenters. The van der Waals surface area contributed by atoms with E-state index in [0.717, 1.165) is 5.56 Å². The number of nitrogens with zero attached hydrogens (tertiary/aromatic N) is 3. The highest BCUT2D eigenvalue weighted by molar-refractivity contribution is 8.14. The van der Waals surface area contributed by atoms with E-state index in [4.69, 9.17) is 14.1 Å². The van der Waals surface area contributed by atoms with Gasteiger partial charge in [0.05, 0.1) is 37.0 Å². The van der Waals surface area contributed by atoms with Gasteiger partial charge < -0.3 is 19.8 Å². The highest BCUT2D eigenvalue weighted by Crippen LogP contribution is 2.35. The Morgan fingerprint density at radius 2 is 1.87 bits per heavy atom. The summed E-state index contributed by atoms with van der Waals surface area (Å²) in [5.41, 5.74) is 1.96. The first-order valence-electron chi connectivity index (χ1n) is 12.0. The molecule has 0 radical (unpaired) electrons. The molecule has 38 heavy (non-hydrogen) atoms. The van der Waals surface area contributed by atoms with E-state index in [1.54, 1.807) is 41.5 Å². The molecule has 5 rings (SSSR count). The fraction of sp³-hybridized carbons (Fsp3) is 0.222. The molecular weight excluding hydrogens is 506 g/mol. The molecule has 0 saturated carbocycles. The third-order valence-electron chi connectivity index (χ3n) is 6.01. The van der Waals surface area contributed by atoms with Crippen LogP contribution in [0.15, 0.2) is 81.3 Å². The van der Waals surface area contributed by atoms with E-state index >= 15 is 0 Å². The molecule has 11 heteroatoms. The van der Waals surface area contributed by atoms with Crippen molar-refractivity contribution in [2.24, 2.45) is 9.98 Å². The Morgan fingerprint density at radius 3 is 2.68 bits per heavy atom. The first-order chi connectivity index (χ1) is 18.5. The van der Waals surface area contributed by atoms with Gasteiger partial charge in [0, 0.05) is 12.0 Å². The van der Waals surface area contributed by atoms with Crippen LogP contribution in [0.1, 0.15) is 24.2 Å². The minimum absolute atomic E-state index is 0.0490. The Kier molecular flexibility index (Phi) is 7.55. The van der Waals surface area contributed by atoms with Gasteiger partial charge in [0.2, 0.25) is 11.8 Å². The first-order valence-corrected chi connectivity index (χ1v) is 13.0. The van der Waals surface area contributed by atoms with Gasteiger partial charge in [-0.1, -0.05) is 36.0 Å². The maximum absolute atomic E-state index is 13.0. The van der Waals surface area contributed by atoms with Crippen molar-refractivity contribution >= 4 is 51.9 Å². The Labute approximate surface area is 223 Å². The van der Waals surface area contributed by atoms with Gasteiger partial charge in [-0.3, -0.25) is 19.3 Å². The van der Waals surface area contributed by atoms with Crippen LogP contribution < -0.4 is 15.4 Å². The number of nitrogens with one attached hydrogen (secondary N) is 2. The summed E-state index contributed by atoms with van der Waals surface area (Å²) in [6.07, 6.45) is 1.90. The molecule has 1 aromatic heterocycles. The minimum Gasteiger partial charge on any atom is -0.495 e. The topological polar surface area (TPSA) is 126 Å². The number of anilines is 1. The van der Waals surface area contributed by atoms with Gasteiger partial charge in [0.25, 0.3) is 5.91 Å². The molecule has 2 aliphatic heterocycles. The van der Waals surface area contributed by atoms with Crippen molar-refractivity contribution in [1.29, 1.82) is 0 Å². The molecule has 0 aliphatic carbocycles. The van der Waals surface area contributed by atoms with E-state index in [9.17, 15) is 14.4 Å². The number of hydrogen-bond donors (Lipinski definition) is 2. The number of para-hydroxylation sites is 3. The van der Waals surface area contributed by atoms with Crippen molar-refractivity contribution in [2.75, 3.05) is 18.2 Å². The number of hydrogen-bond acceptors (Lipinski definition) is 8. The lowest BCUT2D eigenvalue weighted by molar-refractivity contribution is -0.122. The maximum Gasteiger partial charge on any atom is 0.270 e. The summed E-state index contributed by atoms with van der Waals surface area (Å²) >= 11 is 1.20. The average Bonchev–Trinajstić information content (AvgIpc) is 3.57. The highest BCUT2D eigenvalue weighted by Gasteiger charge is 2.41. The number of methoxy groups -OCH3 is 1. The lowest BCUT2D eigenvalue weighted by Gasteiger charge is -2.31. The molecular formula is C27H25N5O5S. The fourth-order valence-corrected chi connectivity index (χ4v) is 5.04. The standard InChI is InChI=1S/C27H25N5O5S/c1-36-22-11-5-4-10-20(22)29-24(34)16-38-27-30-19-9-3-2-8-18(19)25-31-26(35)21(32(25)27)12-13-23(33)28-15-17-7-6-14-37-17/h2-11,14,21H,12-13,15-16H2,1H3,(H,28,33)(H,29,34). The lowest BCUT2D eigenvalue weighted by atomic mass is 10.1. The molecule has 0 saturated heterocycles. The molecule has 0 spiro atoms. The summed E-state index contributed by atoms with van der Waals surface area (Å²) in [6.45, 7) is 0.271. The number of ether oxygens (including phenoxy) is 1. The Hall–Kier alpha value is -4.38. The van der Waals surface area contributed by atoms with Crippen LogP contribution in [0, 0.1) is 0 Å². The monoisotopic (exact) mass is 531 g/mol. The van der Waals surface area contributed by atoms with Crippen molar-refractivity contribution < 1.29 is 23.5 Å². The molecule has 10 nitrogen and oxygen atoms in total. The lowest BCUT2D eigenvalue weighted by Crippen LogP contribution is -2.44. The van der Waals surface area contributed by atoms with Crippen molar-refractivity contribution in [3.05, 3.63) is 78.3 Å². The van der Waals surface area contributed by atoms with Crippen molar-refractivity contribution in [3.8, 4) is 5.75 Å². The van der Waals surface area contributed by atoms with E-state index in [1.807, 2.05) is 30.3 Å². The number of carbonyl (C=O) groups is 3. The van der Waals surface area contributed by atoms with Gasteiger partial charge in [0.15, 0.2) is 5.17 Å². The third kappa shape index (κ3) is 5.47. The number of carbonyl (C=O) groups excluding carboxylic acids is 3. The van der Waals surface area contributed by atoms with Crippen molar-refractivity contribution in [1.82, 2.24) is 10.2 Å². The summed E-state index contributed by atoms with van der Waals surface area (Å²) in [7, 11) is 1.54. The predicted octanol–water partition coefficient (Wildman–Crippen LogP) is 3.72. The SMILES string of the molecule is COc1ccccc1NC(=O)CSC1=Nc2ccccc2C2=NC(=O)C(CCC(=O)NCc3ccco3)N12.